The molecule has 0 spiro atoms. The molecule has 3 saturated carbocycles. The van der Waals surface area contributed by atoms with E-state index in [2.05, 4.69) is 6.92 Å². The molecule has 3 aliphatic carbocycles. The molecule has 0 aromatic heterocycles. The third-order valence-electron chi connectivity index (χ3n) is 4.14. The molecule has 0 heterocycles. The third kappa shape index (κ3) is 0.395. The Morgan fingerprint density at radius 1 is 1.22 bits per heavy atom. The molecule has 3 fully saturated rings. The van der Waals surface area contributed by atoms with Crippen molar-refractivity contribution in [1.82, 2.24) is 0 Å². The molecule has 0 amide bonds. The summed E-state index contributed by atoms with van der Waals surface area (Å²) in [5.74, 6) is 3.58. The molecule has 0 nitrogen and oxygen atoms in total. The molecule has 0 heteroatoms. The lowest BCUT2D eigenvalue weighted by atomic mass is 9.73. The zero-order valence-electron chi connectivity index (χ0n) is 6.06. The predicted molar refractivity (Wildman–Crippen MR) is 37.0 cm³/mol. The molecule has 0 N–H and O–H groups in total. The zero-order valence-corrected chi connectivity index (χ0v) is 6.06. The Labute approximate surface area is 56.6 Å². The van der Waals surface area contributed by atoms with Gasteiger partial charge in [-0.3, -0.25) is 0 Å². The highest BCUT2D eigenvalue weighted by atomic mass is 14.7. The van der Waals surface area contributed by atoms with Crippen LogP contribution in [0.15, 0.2) is 0 Å². The van der Waals surface area contributed by atoms with E-state index in [0.29, 0.717) is 0 Å². The van der Waals surface area contributed by atoms with Crippen LogP contribution in [0.5, 0.6) is 0 Å². The summed E-state index contributed by atoms with van der Waals surface area (Å²) in [4.78, 5) is 0. The van der Waals surface area contributed by atoms with Crippen molar-refractivity contribution >= 4 is 0 Å². The van der Waals surface area contributed by atoms with Crippen LogP contribution >= 0.6 is 0 Å². The van der Waals surface area contributed by atoms with Gasteiger partial charge in [0.05, 0.1) is 0 Å². The maximum absolute atomic E-state index is 2.50. The van der Waals surface area contributed by atoms with Crippen molar-refractivity contribution in [3.05, 3.63) is 0 Å². The lowest BCUT2D eigenvalue weighted by molar-refractivity contribution is 0.181. The van der Waals surface area contributed by atoms with Crippen molar-refractivity contribution in [3.63, 3.8) is 0 Å². The summed E-state index contributed by atoms with van der Waals surface area (Å²) in [5.41, 5.74) is 0.867. The molecule has 0 aromatic carbocycles. The molecule has 50 valence electrons. The van der Waals surface area contributed by atoms with E-state index in [9.17, 15) is 0 Å². The quantitative estimate of drug-likeness (QED) is 0.463. The minimum atomic E-state index is 0.867. The van der Waals surface area contributed by atoms with Crippen LogP contribution in [0.2, 0.25) is 0 Å². The van der Waals surface area contributed by atoms with Crippen LogP contribution < -0.4 is 0 Å². The minimum Gasteiger partial charge on any atom is -0.0593 e. The van der Waals surface area contributed by atoms with Crippen LogP contribution in [-0.4, -0.2) is 0 Å². The van der Waals surface area contributed by atoms with Crippen molar-refractivity contribution in [2.24, 2.45) is 23.2 Å². The van der Waals surface area contributed by atoms with Gasteiger partial charge in [-0.2, -0.15) is 0 Å². The molecular formula is C9H14. The van der Waals surface area contributed by atoms with Gasteiger partial charge >= 0.3 is 0 Å². The van der Waals surface area contributed by atoms with Crippen molar-refractivity contribution in [1.29, 1.82) is 0 Å². The second-order valence-corrected chi connectivity index (χ2v) is 4.67. The number of fused-ring (bicyclic) bond motifs is 3. The Bertz CT molecular complexity index is 161. The Morgan fingerprint density at radius 3 is 2.44 bits per heavy atom. The Balaban J connectivity index is 1.93. The smallest absolute Gasteiger partial charge is 0.0289 e. The second kappa shape index (κ2) is 1.09. The molecule has 4 unspecified atom stereocenters. The first-order valence-electron chi connectivity index (χ1n) is 4.30. The molecule has 0 saturated heterocycles. The normalized spacial score (nSPS) is 68.3. The Morgan fingerprint density at radius 2 is 2.11 bits per heavy atom. The average Bonchev–Trinajstić information content (AvgIpc) is 2.31. The van der Waals surface area contributed by atoms with Gasteiger partial charge in [0.2, 0.25) is 0 Å². The highest BCUT2D eigenvalue weighted by Gasteiger charge is 2.64. The second-order valence-electron chi connectivity index (χ2n) is 4.67. The highest BCUT2D eigenvalue weighted by molar-refractivity contribution is 5.13. The average molecular weight is 122 g/mol. The number of rotatable bonds is 0. The van der Waals surface area contributed by atoms with E-state index in [4.69, 9.17) is 0 Å². The summed E-state index contributed by atoms with van der Waals surface area (Å²) < 4.78 is 0. The van der Waals surface area contributed by atoms with Crippen molar-refractivity contribution in [2.45, 2.75) is 32.6 Å². The molecule has 0 aromatic rings. The summed E-state index contributed by atoms with van der Waals surface area (Å²) in [6.45, 7) is 2.50. The maximum Gasteiger partial charge on any atom is -0.0289 e. The monoisotopic (exact) mass is 122 g/mol. The van der Waals surface area contributed by atoms with Crippen LogP contribution in [0.25, 0.3) is 0 Å². The molecule has 4 atom stereocenters. The molecule has 0 aliphatic heterocycles. The van der Waals surface area contributed by atoms with E-state index in [1.54, 1.807) is 25.7 Å². The van der Waals surface area contributed by atoms with Gasteiger partial charge in [0.15, 0.2) is 0 Å². The first kappa shape index (κ1) is 4.76. The lowest BCUT2D eigenvalue weighted by Crippen LogP contribution is -2.22. The van der Waals surface area contributed by atoms with Gasteiger partial charge in [-0.1, -0.05) is 6.92 Å². The SMILES string of the molecule is CC12CC3CCC3C1C2. The minimum absolute atomic E-state index is 0.867. The molecular weight excluding hydrogens is 108 g/mol. The molecule has 9 heavy (non-hydrogen) atoms. The number of hydrogen-bond donors (Lipinski definition) is 0. The van der Waals surface area contributed by atoms with Crippen molar-refractivity contribution in [2.75, 3.05) is 0 Å². The first-order chi connectivity index (χ1) is 4.30. The van der Waals surface area contributed by atoms with E-state index >= 15 is 0 Å². The maximum atomic E-state index is 2.50. The third-order valence-corrected chi connectivity index (χ3v) is 4.14. The number of hydrogen-bond acceptors (Lipinski definition) is 0. The molecule has 3 rings (SSSR count). The van der Waals surface area contributed by atoms with Gasteiger partial charge in [-0.15, -0.1) is 0 Å². The zero-order chi connectivity index (χ0) is 6.06. The van der Waals surface area contributed by atoms with Crippen LogP contribution in [-0.2, 0) is 0 Å². The first-order valence-corrected chi connectivity index (χ1v) is 4.30. The van der Waals surface area contributed by atoms with Gasteiger partial charge in [0.25, 0.3) is 0 Å². The summed E-state index contributed by atoms with van der Waals surface area (Å²) >= 11 is 0. The fourth-order valence-corrected chi connectivity index (χ4v) is 3.32. The van der Waals surface area contributed by atoms with E-state index in [-0.39, 0.29) is 0 Å². The van der Waals surface area contributed by atoms with Crippen LogP contribution in [0, 0.1) is 23.2 Å². The van der Waals surface area contributed by atoms with Gasteiger partial charge in [-0.25, -0.2) is 0 Å². The van der Waals surface area contributed by atoms with E-state index < -0.39 is 0 Å². The van der Waals surface area contributed by atoms with Crippen molar-refractivity contribution in [3.8, 4) is 0 Å². The lowest BCUT2D eigenvalue weighted by Gasteiger charge is -2.32. The summed E-state index contributed by atoms with van der Waals surface area (Å²) in [5, 5.41) is 0. The van der Waals surface area contributed by atoms with Crippen LogP contribution in [0.3, 0.4) is 0 Å². The van der Waals surface area contributed by atoms with Gasteiger partial charge in [0, 0.05) is 0 Å². The van der Waals surface area contributed by atoms with Gasteiger partial charge < -0.3 is 0 Å². The molecule has 0 bridgehead atoms. The van der Waals surface area contributed by atoms with Gasteiger partial charge in [0.1, 0.15) is 0 Å². The van der Waals surface area contributed by atoms with Crippen LogP contribution in [0.4, 0.5) is 0 Å². The topological polar surface area (TPSA) is 0 Å². The molecule has 0 radical (unpaired) electrons. The van der Waals surface area contributed by atoms with E-state index in [1.165, 1.54) is 17.8 Å². The highest BCUT2D eigenvalue weighted by Crippen LogP contribution is 2.72. The Hall–Kier alpha value is 0. The summed E-state index contributed by atoms with van der Waals surface area (Å²) in [6.07, 6.45) is 6.30. The van der Waals surface area contributed by atoms with Gasteiger partial charge in [-0.05, 0) is 48.9 Å². The summed E-state index contributed by atoms with van der Waals surface area (Å²) in [7, 11) is 0. The fourth-order valence-electron chi connectivity index (χ4n) is 3.32. The van der Waals surface area contributed by atoms with Crippen molar-refractivity contribution < 1.29 is 0 Å². The summed E-state index contributed by atoms with van der Waals surface area (Å²) in [6, 6.07) is 0. The van der Waals surface area contributed by atoms with E-state index in [1.807, 2.05) is 0 Å². The standard InChI is InChI=1S/C9H14/c1-9-4-6-2-3-7(6)8(9)5-9/h6-8H,2-5H2,1H3. The Kier molecular flexibility index (Phi) is 0.574. The predicted octanol–water partition coefficient (Wildman–Crippen LogP) is 2.44. The largest absolute Gasteiger partial charge is 0.0593 e. The van der Waals surface area contributed by atoms with E-state index in [0.717, 1.165) is 5.41 Å². The molecule has 3 aliphatic rings. The van der Waals surface area contributed by atoms with Crippen LogP contribution in [0.1, 0.15) is 32.6 Å². The fraction of sp³-hybridized carbons (Fsp3) is 1.00.